The van der Waals surface area contributed by atoms with E-state index in [1.807, 2.05) is 140 Å². The molecule has 0 unspecified atom stereocenters. The molecule has 8 aromatic heterocycles. The van der Waals surface area contributed by atoms with Gasteiger partial charge in [0.15, 0.2) is 34.9 Å². The molecule has 0 saturated carbocycles. The highest BCUT2D eigenvalue weighted by atomic mass is 16.3. The van der Waals surface area contributed by atoms with Crippen molar-refractivity contribution in [2.75, 3.05) is 0 Å². The third kappa shape index (κ3) is 11.9. The van der Waals surface area contributed by atoms with Gasteiger partial charge < -0.3 is 27.1 Å². The highest BCUT2D eigenvalue weighted by Gasteiger charge is 2.25. The number of rotatable bonds is 12. The fourth-order valence-electron chi connectivity index (χ4n) is 19.0. The Hall–Kier alpha value is -17.2. The lowest BCUT2D eigenvalue weighted by atomic mass is 10.00. The molecule has 12 heteroatoms. The van der Waals surface area contributed by atoms with Crippen LogP contribution in [0.1, 0.15) is 0 Å². The van der Waals surface area contributed by atoms with Gasteiger partial charge in [-0.1, -0.05) is 273 Å². The predicted octanol–water partition coefficient (Wildman–Crippen LogP) is 29.3. The van der Waals surface area contributed by atoms with Gasteiger partial charge in [0, 0.05) is 109 Å². The summed E-state index contributed by atoms with van der Waals surface area (Å²) in [6.45, 7) is 0. The molecule has 18 aromatic carbocycles. The van der Waals surface area contributed by atoms with Gasteiger partial charge in [0.25, 0.3) is 0 Å². The first-order valence-electron chi connectivity index (χ1n) is 42.4. The lowest BCUT2D eigenvalue weighted by Gasteiger charge is -2.12. The van der Waals surface area contributed by atoms with Crippen molar-refractivity contribution >= 4 is 131 Å². The standard InChI is InChI=1S/2C57H35N5O/c1-4-15-36(16-5-1)55-58-56(37-17-6-2-7-18-37)60-57(59-55)40-27-30-43-46-34-39(29-32-52(46)63-53(43)35-40)38-28-31-49-45(33-38)42-21-10-12-23-47(42)62(49)51-26-14-25-50-54(51)44-22-11-13-24-48(44)61(50)41-19-8-3-9-20-41;1-4-15-36(16-5-1)55-58-56(37-17-6-2-7-18-37)60-57(59-55)40-29-32-53-46(35-40)45-34-39(28-31-52(45)63-53)38-27-30-49-44(33-38)42-21-10-12-23-47(42)62(49)51-26-14-25-50-54(51)43-22-11-13-24-48(43)61(50)41-19-8-3-9-20-41/h2*1-35H. The number of nitrogens with zero attached hydrogens (tertiary/aromatic N) is 10. The second kappa shape index (κ2) is 29.3. The number of para-hydroxylation sites is 6. The fraction of sp³-hybridized carbons (Fsp3) is 0. The quantitative estimate of drug-likeness (QED) is 0.118. The number of benzene rings is 18. The summed E-state index contributed by atoms with van der Waals surface area (Å²) in [6, 6.07) is 149. The minimum atomic E-state index is 0.594. The van der Waals surface area contributed by atoms with E-state index in [9.17, 15) is 0 Å². The maximum Gasteiger partial charge on any atom is 0.164 e. The van der Waals surface area contributed by atoms with E-state index >= 15 is 0 Å². The Balaban J connectivity index is 0.000000137. The molecule has 0 N–H and O–H groups in total. The van der Waals surface area contributed by atoms with Crippen LogP contribution in [0.5, 0.6) is 0 Å². The van der Waals surface area contributed by atoms with Gasteiger partial charge in [-0.25, -0.2) is 29.9 Å². The van der Waals surface area contributed by atoms with E-state index < -0.39 is 0 Å². The Morgan fingerprint density at radius 3 is 0.817 bits per heavy atom. The Labute approximate surface area is 721 Å². The Morgan fingerprint density at radius 1 is 0.151 bits per heavy atom. The van der Waals surface area contributed by atoms with E-state index in [1.54, 1.807) is 0 Å². The lowest BCUT2D eigenvalue weighted by Crippen LogP contribution is -2.00. The molecule has 0 spiro atoms. The maximum absolute atomic E-state index is 6.53. The monoisotopic (exact) mass is 1610 g/mol. The van der Waals surface area contributed by atoms with Gasteiger partial charge in [-0.15, -0.1) is 0 Å². The largest absolute Gasteiger partial charge is 0.456 e. The molecule has 26 rings (SSSR count). The van der Waals surface area contributed by atoms with Gasteiger partial charge in [0.05, 0.1) is 55.5 Å². The van der Waals surface area contributed by atoms with Crippen LogP contribution in [0.15, 0.2) is 433 Å². The van der Waals surface area contributed by atoms with E-state index in [1.165, 1.54) is 76.2 Å². The molecule has 0 aliphatic heterocycles. The summed E-state index contributed by atoms with van der Waals surface area (Å²) in [5.74, 6) is 3.72. The van der Waals surface area contributed by atoms with Crippen molar-refractivity contribution in [2.24, 2.45) is 0 Å². The van der Waals surface area contributed by atoms with Crippen molar-refractivity contribution in [3.05, 3.63) is 425 Å². The molecule has 0 fully saturated rings. The van der Waals surface area contributed by atoms with Crippen LogP contribution < -0.4 is 0 Å². The summed E-state index contributed by atoms with van der Waals surface area (Å²) in [7, 11) is 0. The molecule has 8 heterocycles. The van der Waals surface area contributed by atoms with Gasteiger partial charge in [-0.2, -0.15) is 0 Å². The van der Waals surface area contributed by atoms with Crippen molar-refractivity contribution in [1.29, 1.82) is 0 Å². The Kier molecular flexibility index (Phi) is 16.7. The molecule has 0 radical (unpaired) electrons. The summed E-state index contributed by atoms with van der Waals surface area (Å²) < 4.78 is 22.6. The van der Waals surface area contributed by atoms with Crippen LogP contribution in [0.2, 0.25) is 0 Å². The van der Waals surface area contributed by atoms with Crippen LogP contribution in [0.4, 0.5) is 0 Å². The smallest absolute Gasteiger partial charge is 0.164 e. The molecule has 0 aliphatic carbocycles. The maximum atomic E-state index is 6.53. The molecule has 0 atom stereocenters. The highest BCUT2D eigenvalue weighted by molar-refractivity contribution is 6.20. The SMILES string of the molecule is c1ccc(-c2nc(-c3ccccc3)nc(-c3ccc4c(c3)oc3ccc(-c5ccc6c(c5)c5ccccc5n6-c5cccc6c5c5ccccc5n6-c5ccccc5)cc34)n2)cc1.c1ccc(-c2nc(-c3ccccc3)nc(-c3ccc4oc5ccc(-c6ccc7c(c6)c6ccccc6n7-c6cccc7c6c6ccccc6n7-c6ccccc6)cc5c4c3)n2)cc1. The summed E-state index contributed by atoms with van der Waals surface area (Å²) in [5, 5.41) is 13.9. The van der Waals surface area contributed by atoms with Gasteiger partial charge >= 0.3 is 0 Å². The molecule has 588 valence electrons. The highest BCUT2D eigenvalue weighted by Crippen LogP contribution is 2.46. The van der Waals surface area contributed by atoms with Crippen LogP contribution in [0.25, 0.3) is 244 Å². The average Bonchev–Trinajstić information content (AvgIpc) is 1.56. The van der Waals surface area contributed by atoms with E-state index in [-0.39, 0.29) is 0 Å². The Bertz CT molecular complexity index is 8710. The minimum Gasteiger partial charge on any atom is -0.456 e. The van der Waals surface area contributed by atoms with Crippen molar-refractivity contribution in [3.63, 3.8) is 0 Å². The van der Waals surface area contributed by atoms with Crippen LogP contribution in [-0.2, 0) is 0 Å². The van der Waals surface area contributed by atoms with Crippen molar-refractivity contribution in [3.8, 4) is 113 Å². The number of hydrogen-bond acceptors (Lipinski definition) is 8. The predicted molar refractivity (Wildman–Crippen MR) is 515 cm³/mol. The van der Waals surface area contributed by atoms with Crippen LogP contribution >= 0.6 is 0 Å². The molecular formula is C114H70N10O2. The molecule has 126 heavy (non-hydrogen) atoms. The van der Waals surface area contributed by atoms with Gasteiger partial charge in [-0.05, 0) is 174 Å². The Morgan fingerprint density at radius 2 is 0.421 bits per heavy atom. The zero-order valence-electron chi connectivity index (χ0n) is 67.7. The number of fused-ring (bicyclic) bond motifs is 18. The fourth-order valence-corrected chi connectivity index (χ4v) is 19.0. The number of hydrogen-bond donors (Lipinski definition) is 0. The second-order valence-corrected chi connectivity index (χ2v) is 32.0. The van der Waals surface area contributed by atoms with Crippen LogP contribution in [0, 0.1) is 0 Å². The van der Waals surface area contributed by atoms with Crippen LogP contribution in [-0.4, -0.2) is 48.2 Å². The summed E-state index contributed by atoms with van der Waals surface area (Å²) in [6.07, 6.45) is 0. The summed E-state index contributed by atoms with van der Waals surface area (Å²) in [5.41, 5.74) is 27.3. The van der Waals surface area contributed by atoms with E-state index in [0.29, 0.717) is 34.9 Å². The second-order valence-electron chi connectivity index (χ2n) is 32.0. The van der Waals surface area contributed by atoms with Gasteiger partial charge in [-0.3, -0.25) is 0 Å². The molecule has 0 saturated heterocycles. The summed E-state index contributed by atoms with van der Waals surface area (Å²) in [4.78, 5) is 29.7. The third-order valence-corrected chi connectivity index (χ3v) is 24.7. The molecule has 0 bridgehead atoms. The van der Waals surface area contributed by atoms with Gasteiger partial charge in [0.1, 0.15) is 22.3 Å². The van der Waals surface area contributed by atoms with Crippen LogP contribution in [0.3, 0.4) is 0 Å². The van der Waals surface area contributed by atoms with Crippen molar-refractivity contribution in [2.45, 2.75) is 0 Å². The molecule has 12 nitrogen and oxygen atoms in total. The van der Waals surface area contributed by atoms with E-state index in [4.69, 9.17) is 38.7 Å². The first-order chi connectivity index (χ1) is 62.5. The first kappa shape index (κ1) is 71.7. The summed E-state index contributed by atoms with van der Waals surface area (Å²) >= 11 is 0. The molecular weight excluding hydrogens is 1540 g/mol. The lowest BCUT2D eigenvalue weighted by molar-refractivity contribution is 0.668. The average molecular weight is 1610 g/mol. The zero-order valence-corrected chi connectivity index (χ0v) is 67.7. The number of aromatic nitrogens is 10. The van der Waals surface area contributed by atoms with E-state index in [0.717, 1.165) is 133 Å². The van der Waals surface area contributed by atoms with Crippen molar-refractivity contribution < 1.29 is 8.83 Å². The number of furan rings is 2. The molecule has 26 aromatic rings. The third-order valence-electron chi connectivity index (χ3n) is 24.7. The normalized spacial score (nSPS) is 11.8. The van der Waals surface area contributed by atoms with Crippen molar-refractivity contribution in [1.82, 2.24) is 48.2 Å². The van der Waals surface area contributed by atoms with E-state index in [2.05, 4.69) is 303 Å². The zero-order chi connectivity index (χ0) is 82.9. The first-order valence-corrected chi connectivity index (χ1v) is 42.4. The molecule has 0 aliphatic rings. The topological polar surface area (TPSA) is 123 Å². The minimum absolute atomic E-state index is 0.594. The molecule has 0 amide bonds. The van der Waals surface area contributed by atoms with Gasteiger partial charge in [0.2, 0.25) is 0 Å².